The Morgan fingerprint density at radius 2 is 1.89 bits per heavy atom. The summed E-state index contributed by atoms with van der Waals surface area (Å²) in [6.45, 7) is 2.45. The highest BCUT2D eigenvalue weighted by molar-refractivity contribution is 7.92. The molecule has 106 valence electrons. The third-order valence-corrected chi connectivity index (χ3v) is 5.49. The molecule has 1 amide bonds. The van der Waals surface area contributed by atoms with E-state index in [1.165, 1.54) is 13.3 Å². The van der Waals surface area contributed by atoms with Crippen LogP contribution in [0.2, 0.25) is 0 Å². The molecule has 1 aliphatic rings. The fourth-order valence-electron chi connectivity index (χ4n) is 2.37. The molecule has 0 saturated heterocycles. The molecule has 18 heavy (non-hydrogen) atoms. The molecular formula is C12H24N2O3S. The normalized spacial score (nSPS) is 21.3. The fourth-order valence-corrected chi connectivity index (χ4v) is 2.84. The number of nitrogens with two attached hydrogens (primary N) is 1. The van der Waals surface area contributed by atoms with E-state index < -0.39 is 21.0 Å². The van der Waals surface area contributed by atoms with E-state index >= 15 is 0 Å². The Kier molecular flexibility index (Phi) is 5.16. The summed E-state index contributed by atoms with van der Waals surface area (Å²) in [6.07, 6.45) is 6.59. The number of amides is 1. The summed E-state index contributed by atoms with van der Waals surface area (Å²) in [5, 5.41) is 1.76. The van der Waals surface area contributed by atoms with Crippen molar-refractivity contribution in [2.24, 2.45) is 11.1 Å². The smallest absolute Gasteiger partial charge is 0.238 e. The molecule has 1 atom stereocenters. The van der Waals surface area contributed by atoms with Crippen LogP contribution in [-0.4, -0.2) is 38.9 Å². The van der Waals surface area contributed by atoms with Crippen LogP contribution in [0, 0.1) is 5.41 Å². The van der Waals surface area contributed by atoms with Crippen molar-refractivity contribution in [2.75, 3.05) is 19.3 Å². The molecule has 0 radical (unpaired) electrons. The zero-order valence-corrected chi connectivity index (χ0v) is 12.1. The first kappa shape index (κ1) is 15.4. The van der Waals surface area contributed by atoms with Crippen LogP contribution in [0.25, 0.3) is 0 Å². The van der Waals surface area contributed by atoms with Crippen LogP contribution in [0.4, 0.5) is 0 Å². The van der Waals surface area contributed by atoms with Gasteiger partial charge < -0.3 is 11.1 Å². The first-order valence-electron chi connectivity index (χ1n) is 6.47. The first-order valence-corrected chi connectivity index (χ1v) is 8.43. The summed E-state index contributed by atoms with van der Waals surface area (Å²) >= 11 is 0. The topological polar surface area (TPSA) is 89.3 Å². The highest BCUT2D eigenvalue weighted by Crippen LogP contribution is 2.34. The molecule has 0 spiro atoms. The molecule has 1 saturated carbocycles. The Bertz CT molecular complexity index is 386. The lowest BCUT2D eigenvalue weighted by Crippen LogP contribution is -2.47. The van der Waals surface area contributed by atoms with Crippen molar-refractivity contribution in [1.82, 2.24) is 5.32 Å². The van der Waals surface area contributed by atoms with Gasteiger partial charge >= 0.3 is 0 Å². The van der Waals surface area contributed by atoms with Crippen molar-refractivity contribution in [3.8, 4) is 0 Å². The molecule has 5 nitrogen and oxygen atoms in total. The molecule has 1 rings (SSSR count). The molecule has 1 fully saturated rings. The number of hydrogen-bond donors (Lipinski definition) is 2. The summed E-state index contributed by atoms with van der Waals surface area (Å²) in [7, 11) is -3.32. The number of rotatable bonds is 5. The Balaban J connectivity index is 2.55. The van der Waals surface area contributed by atoms with E-state index in [1.54, 1.807) is 0 Å². The minimum atomic E-state index is -3.32. The maximum Gasteiger partial charge on any atom is 0.238 e. The van der Waals surface area contributed by atoms with E-state index in [-0.39, 0.29) is 5.41 Å². The molecule has 1 aliphatic carbocycles. The lowest BCUT2D eigenvalue weighted by atomic mass is 9.74. The predicted octanol–water partition coefficient (Wildman–Crippen LogP) is 0.445. The number of hydrogen-bond acceptors (Lipinski definition) is 4. The Labute approximate surface area is 109 Å². The van der Waals surface area contributed by atoms with Gasteiger partial charge in [-0.25, -0.2) is 8.42 Å². The van der Waals surface area contributed by atoms with E-state index in [2.05, 4.69) is 5.32 Å². The van der Waals surface area contributed by atoms with E-state index in [9.17, 15) is 13.2 Å². The average molecular weight is 276 g/mol. The monoisotopic (exact) mass is 276 g/mol. The largest absolute Gasteiger partial charge is 0.354 e. The Morgan fingerprint density at radius 3 is 2.33 bits per heavy atom. The van der Waals surface area contributed by atoms with Gasteiger partial charge in [0.2, 0.25) is 5.91 Å². The van der Waals surface area contributed by atoms with Crippen molar-refractivity contribution in [3.05, 3.63) is 0 Å². The van der Waals surface area contributed by atoms with E-state index in [0.29, 0.717) is 13.1 Å². The summed E-state index contributed by atoms with van der Waals surface area (Å²) in [5.74, 6) is -0.420. The van der Waals surface area contributed by atoms with Gasteiger partial charge in [0.25, 0.3) is 0 Å². The maximum absolute atomic E-state index is 11.8. The van der Waals surface area contributed by atoms with Crippen LogP contribution in [0.15, 0.2) is 0 Å². The second-order valence-electron chi connectivity index (χ2n) is 5.45. The molecule has 0 aliphatic heterocycles. The van der Waals surface area contributed by atoms with Gasteiger partial charge in [0.1, 0.15) is 5.25 Å². The lowest BCUT2D eigenvalue weighted by molar-refractivity contribution is -0.121. The Morgan fingerprint density at radius 1 is 1.33 bits per heavy atom. The molecule has 1 unspecified atom stereocenters. The van der Waals surface area contributed by atoms with Crippen LogP contribution in [0.1, 0.15) is 39.0 Å². The molecule has 0 aromatic carbocycles. The number of carbonyl (C=O) groups is 1. The van der Waals surface area contributed by atoms with Crippen LogP contribution < -0.4 is 11.1 Å². The van der Waals surface area contributed by atoms with Crippen LogP contribution >= 0.6 is 0 Å². The molecule has 0 aromatic heterocycles. The lowest BCUT2D eigenvalue weighted by Gasteiger charge is -2.36. The van der Waals surface area contributed by atoms with Gasteiger partial charge in [-0.15, -0.1) is 0 Å². The third kappa shape index (κ3) is 3.95. The van der Waals surface area contributed by atoms with Crippen molar-refractivity contribution >= 4 is 15.7 Å². The highest BCUT2D eigenvalue weighted by Gasteiger charge is 2.32. The van der Waals surface area contributed by atoms with Crippen molar-refractivity contribution < 1.29 is 13.2 Å². The van der Waals surface area contributed by atoms with E-state index in [1.807, 2.05) is 0 Å². The van der Waals surface area contributed by atoms with Crippen molar-refractivity contribution in [1.29, 1.82) is 0 Å². The van der Waals surface area contributed by atoms with E-state index in [4.69, 9.17) is 5.73 Å². The van der Waals surface area contributed by atoms with Gasteiger partial charge in [-0.2, -0.15) is 0 Å². The van der Waals surface area contributed by atoms with Crippen LogP contribution in [-0.2, 0) is 14.6 Å². The zero-order valence-electron chi connectivity index (χ0n) is 11.2. The summed E-state index contributed by atoms with van der Waals surface area (Å²) < 4.78 is 22.6. The minimum Gasteiger partial charge on any atom is -0.354 e. The van der Waals surface area contributed by atoms with Crippen molar-refractivity contribution in [2.45, 2.75) is 44.3 Å². The maximum atomic E-state index is 11.8. The van der Waals surface area contributed by atoms with E-state index in [0.717, 1.165) is 31.9 Å². The quantitative estimate of drug-likeness (QED) is 0.762. The van der Waals surface area contributed by atoms with Gasteiger partial charge in [-0.3, -0.25) is 4.79 Å². The van der Waals surface area contributed by atoms with Crippen LogP contribution in [0.5, 0.6) is 0 Å². The number of nitrogens with one attached hydrogen (secondary N) is 1. The molecule has 0 aromatic rings. The summed E-state index contributed by atoms with van der Waals surface area (Å²) in [5.41, 5.74) is 5.78. The van der Waals surface area contributed by atoms with Gasteiger partial charge in [0.05, 0.1) is 0 Å². The highest BCUT2D eigenvalue weighted by atomic mass is 32.2. The summed E-state index contributed by atoms with van der Waals surface area (Å²) in [4.78, 5) is 11.8. The second kappa shape index (κ2) is 6.02. The van der Waals surface area contributed by atoms with Crippen LogP contribution in [0.3, 0.4) is 0 Å². The molecule has 3 N–H and O–H groups in total. The second-order valence-corrected chi connectivity index (χ2v) is 7.82. The zero-order chi connectivity index (χ0) is 13.8. The molecular weight excluding hydrogens is 252 g/mol. The summed E-state index contributed by atoms with van der Waals surface area (Å²) in [6, 6.07) is 0. The van der Waals surface area contributed by atoms with Gasteiger partial charge in [-0.05, 0) is 31.7 Å². The van der Waals surface area contributed by atoms with Gasteiger partial charge in [0.15, 0.2) is 9.84 Å². The first-order chi connectivity index (χ1) is 8.31. The minimum absolute atomic E-state index is 0.0366. The molecule has 0 bridgehead atoms. The number of carbonyl (C=O) groups excluding carboxylic acids is 1. The standard InChI is InChI=1S/C12H24N2O3S/c1-10(18(2,16)17)11(15)14-9-12(8-13)6-4-3-5-7-12/h10H,3-9,13H2,1-2H3,(H,14,15). The SMILES string of the molecule is CC(C(=O)NCC1(CN)CCCCC1)S(C)(=O)=O. The predicted molar refractivity (Wildman–Crippen MR) is 71.9 cm³/mol. The molecule has 6 heteroatoms. The Hall–Kier alpha value is -0.620. The van der Waals surface area contributed by atoms with Gasteiger partial charge in [0, 0.05) is 12.8 Å². The van der Waals surface area contributed by atoms with Crippen molar-refractivity contribution in [3.63, 3.8) is 0 Å². The third-order valence-electron chi connectivity index (χ3n) is 4.00. The average Bonchev–Trinajstić information content (AvgIpc) is 2.35. The van der Waals surface area contributed by atoms with Gasteiger partial charge in [-0.1, -0.05) is 19.3 Å². The molecule has 0 heterocycles. The number of sulfone groups is 1. The fraction of sp³-hybridized carbons (Fsp3) is 0.917.